The van der Waals surface area contributed by atoms with Crippen molar-refractivity contribution in [2.45, 2.75) is 38.8 Å². The number of nitrogens with zero attached hydrogens (tertiary/aromatic N) is 1. The van der Waals surface area contributed by atoms with Crippen LogP contribution in [0.2, 0.25) is 0 Å². The van der Waals surface area contributed by atoms with E-state index in [1.54, 1.807) is 4.90 Å². The van der Waals surface area contributed by atoms with Crippen LogP contribution < -0.4 is 10.2 Å². The van der Waals surface area contributed by atoms with Gasteiger partial charge in [0.25, 0.3) is 0 Å². The van der Waals surface area contributed by atoms with E-state index in [4.69, 9.17) is 4.74 Å². The maximum absolute atomic E-state index is 12.2. The minimum absolute atomic E-state index is 0.0944. The lowest BCUT2D eigenvalue weighted by Gasteiger charge is -2.24. The second-order valence-corrected chi connectivity index (χ2v) is 5.13. The van der Waals surface area contributed by atoms with Gasteiger partial charge in [0, 0.05) is 12.6 Å². The molecule has 1 aliphatic rings. The molecule has 0 aliphatic carbocycles. The molecule has 0 spiro atoms. The molecular formula is C15H22N2O2. The number of fused-ring (bicyclic) bond motifs is 1. The Morgan fingerprint density at radius 1 is 1.42 bits per heavy atom. The summed E-state index contributed by atoms with van der Waals surface area (Å²) >= 11 is 0. The van der Waals surface area contributed by atoms with Gasteiger partial charge < -0.3 is 10.1 Å². The van der Waals surface area contributed by atoms with E-state index < -0.39 is 0 Å². The fraction of sp³-hybridized carbons (Fsp3) is 0.533. The number of ether oxygens (including phenoxy) is 1. The summed E-state index contributed by atoms with van der Waals surface area (Å²) in [5.41, 5.74) is 2.13. The molecule has 1 aromatic rings. The van der Waals surface area contributed by atoms with Crippen molar-refractivity contribution < 1.29 is 9.53 Å². The lowest BCUT2D eigenvalue weighted by molar-refractivity contribution is 0.122. The molecule has 0 bridgehead atoms. The third kappa shape index (κ3) is 3.07. The van der Waals surface area contributed by atoms with Crippen molar-refractivity contribution in [1.82, 2.24) is 5.32 Å². The van der Waals surface area contributed by atoms with Crippen LogP contribution in [0, 0.1) is 0 Å². The summed E-state index contributed by atoms with van der Waals surface area (Å²) in [5, 5.41) is 3.32. The molecule has 19 heavy (non-hydrogen) atoms. The SMILES string of the molecule is CNC1CCCN(C(=O)OC(C)C)c2ccccc21. The molecule has 1 unspecified atom stereocenters. The van der Waals surface area contributed by atoms with Gasteiger partial charge in [0.1, 0.15) is 0 Å². The van der Waals surface area contributed by atoms with Crippen LogP contribution in [0.1, 0.15) is 38.3 Å². The first kappa shape index (κ1) is 13.9. The molecule has 1 aromatic carbocycles. The molecule has 104 valence electrons. The summed E-state index contributed by atoms with van der Waals surface area (Å²) in [7, 11) is 1.96. The van der Waals surface area contributed by atoms with Gasteiger partial charge >= 0.3 is 6.09 Å². The number of amides is 1. The summed E-state index contributed by atoms with van der Waals surface area (Å²) in [5.74, 6) is 0. The summed E-state index contributed by atoms with van der Waals surface area (Å²) in [6, 6.07) is 8.35. The van der Waals surface area contributed by atoms with Gasteiger partial charge in [-0.05, 0) is 45.4 Å². The van der Waals surface area contributed by atoms with E-state index in [1.165, 1.54) is 5.56 Å². The normalized spacial score (nSPS) is 18.9. The van der Waals surface area contributed by atoms with Crippen LogP contribution in [0.5, 0.6) is 0 Å². The van der Waals surface area contributed by atoms with E-state index in [-0.39, 0.29) is 12.2 Å². The van der Waals surface area contributed by atoms with Crippen LogP contribution in [-0.4, -0.2) is 25.8 Å². The maximum atomic E-state index is 12.2. The predicted molar refractivity (Wildman–Crippen MR) is 76.4 cm³/mol. The van der Waals surface area contributed by atoms with E-state index >= 15 is 0 Å². The number of anilines is 1. The molecule has 1 heterocycles. The largest absolute Gasteiger partial charge is 0.446 e. The van der Waals surface area contributed by atoms with Gasteiger partial charge in [-0.2, -0.15) is 0 Å². The van der Waals surface area contributed by atoms with Crippen LogP contribution in [0.3, 0.4) is 0 Å². The smallest absolute Gasteiger partial charge is 0.414 e. The lowest BCUT2D eigenvalue weighted by Crippen LogP contribution is -2.34. The minimum atomic E-state index is -0.251. The molecule has 2 rings (SSSR count). The number of carbonyl (C=O) groups is 1. The van der Waals surface area contributed by atoms with Crippen molar-refractivity contribution in [1.29, 1.82) is 0 Å². The molecule has 1 atom stereocenters. The van der Waals surface area contributed by atoms with Crippen molar-refractivity contribution in [3.63, 3.8) is 0 Å². The van der Waals surface area contributed by atoms with Crippen molar-refractivity contribution in [3.8, 4) is 0 Å². The Morgan fingerprint density at radius 3 is 2.84 bits per heavy atom. The van der Waals surface area contributed by atoms with Gasteiger partial charge in [-0.25, -0.2) is 4.79 Å². The number of benzene rings is 1. The Kier molecular flexibility index (Phi) is 4.43. The molecule has 0 fully saturated rings. The number of para-hydroxylation sites is 1. The van der Waals surface area contributed by atoms with E-state index in [0.29, 0.717) is 12.6 Å². The van der Waals surface area contributed by atoms with Crippen LogP contribution in [0.4, 0.5) is 10.5 Å². The number of rotatable bonds is 2. The topological polar surface area (TPSA) is 41.6 Å². The van der Waals surface area contributed by atoms with Gasteiger partial charge in [0.2, 0.25) is 0 Å². The zero-order valence-electron chi connectivity index (χ0n) is 11.8. The molecule has 1 aliphatic heterocycles. The van der Waals surface area contributed by atoms with Crippen molar-refractivity contribution in [2.24, 2.45) is 0 Å². The lowest BCUT2D eigenvalue weighted by atomic mass is 10.0. The van der Waals surface area contributed by atoms with Gasteiger partial charge in [0.15, 0.2) is 0 Å². The van der Waals surface area contributed by atoms with E-state index in [0.717, 1.165) is 18.5 Å². The van der Waals surface area contributed by atoms with Crippen molar-refractivity contribution >= 4 is 11.8 Å². The summed E-state index contributed by atoms with van der Waals surface area (Å²) in [6.07, 6.45) is 1.65. The van der Waals surface area contributed by atoms with Crippen molar-refractivity contribution in [3.05, 3.63) is 29.8 Å². The Balaban J connectivity index is 2.32. The number of hydrogen-bond acceptors (Lipinski definition) is 3. The van der Waals surface area contributed by atoms with E-state index in [1.807, 2.05) is 39.1 Å². The fourth-order valence-electron chi connectivity index (χ4n) is 2.51. The summed E-state index contributed by atoms with van der Waals surface area (Å²) < 4.78 is 5.34. The third-order valence-electron chi connectivity index (χ3n) is 3.38. The highest BCUT2D eigenvalue weighted by Crippen LogP contribution is 2.32. The Hall–Kier alpha value is -1.55. The van der Waals surface area contributed by atoms with E-state index in [9.17, 15) is 4.79 Å². The Labute approximate surface area is 114 Å². The number of hydrogen-bond donors (Lipinski definition) is 1. The van der Waals surface area contributed by atoms with Gasteiger partial charge in [-0.15, -0.1) is 0 Å². The van der Waals surface area contributed by atoms with Gasteiger partial charge in [0.05, 0.1) is 11.8 Å². The van der Waals surface area contributed by atoms with Gasteiger partial charge in [-0.1, -0.05) is 18.2 Å². The van der Waals surface area contributed by atoms with Crippen LogP contribution >= 0.6 is 0 Å². The first-order chi connectivity index (χ1) is 9.13. The average Bonchev–Trinajstić information content (AvgIpc) is 2.57. The zero-order chi connectivity index (χ0) is 13.8. The fourth-order valence-corrected chi connectivity index (χ4v) is 2.51. The molecule has 0 saturated heterocycles. The standard InChI is InChI=1S/C15H22N2O2/c1-11(2)19-15(18)17-10-6-8-13(16-3)12-7-4-5-9-14(12)17/h4-5,7,9,11,13,16H,6,8,10H2,1-3H3. The Morgan fingerprint density at radius 2 is 2.16 bits per heavy atom. The van der Waals surface area contributed by atoms with E-state index in [2.05, 4.69) is 11.4 Å². The van der Waals surface area contributed by atoms with Crippen LogP contribution in [0.25, 0.3) is 0 Å². The number of carbonyl (C=O) groups excluding carboxylic acids is 1. The number of nitrogens with one attached hydrogen (secondary N) is 1. The molecule has 1 N–H and O–H groups in total. The molecule has 0 saturated carbocycles. The second-order valence-electron chi connectivity index (χ2n) is 5.13. The highest BCUT2D eigenvalue weighted by molar-refractivity contribution is 5.89. The quantitative estimate of drug-likeness (QED) is 0.890. The zero-order valence-corrected chi connectivity index (χ0v) is 11.8. The second kappa shape index (κ2) is 6.06. The van der Waals surface area contributed by atoms with Gasteiger partial charge in [-0.3, -0.25) is 4.90 Å². The summed E-state index contributed by atoms with van der Waals surface area (Å²) in [4.78, 5) is 14.0. The minimum Gasteiger partial charge on any atom is -0.446 e. The molecule has 0 aromatic heterocycles. The van der Waals surface area contributed by atoms with Crippen molar-refractivity contribution in [2.75, 3.05) is 18.5 Å². The Bertz CT molecular complexity index is 446. The predicted octanol–water partition coefficient (Wildman–Crippen LogP) is 3.09. The highest BCUT2D eigenvalue weighted by Gasteiger charge is 2.26. The van der Waals surface area contributed by atoms with Crippen LogP contribution in [0.15, 0.2) is 24.3 Å². The first-order valence-electron chi connectivity index (χ1n) is 6.88. The molecule has 0 radical (unpaired) electrons. The molecule has 4 nitrogen and oxygen atoms in total. The highest BCUT2D eigenvalue weighted by atomic mass is 16.6. The molecule has 4 heteroatoms. The molecule has 1 amide bonds. The maximum Gasteiger partial charge on any atom is 0.414 e. The third-order valence-corrected chi connectivity index (χ3v) is 3.38. The summed E-state index contributed by atoms with van der Waals surface area (Å²) in [6.45, 7) is 4.46. The first-order valence-corrected chi connectivity index (χ1v) is 6.88. The monoisotopic (exact) mass is 262 g/mol. The average molecular weight is 262 g/mol. The molecular weight excluding hydrogens is 240 g/mol. The van der Waals surface area contributed by atoms with Crippen LogP contribution in [-0.2, 0) is 4.74 Å².